The first-order valence-corrected chi connectivity index (χ1v) is 6.32. The average molecular weight is 297 g/mol. The Kier molecular flexibility index (Phi) is 6.67. The SMILES string of the molecule is CCO[C@H](/C=C/C(=O)NO)[C@H](O)c1ccc(OC)c(O)c1. The van der Waals surface area contributed by atoms with Crippen molar-refractivity contribution < 1.29 is 29.7 Å². The van der Waals surface area contributed by atoms with Gasteiger partial charge in [-0.15, -0.1) is 0 Å². The van der Waals surface area contributed by atoms with E-state index in [2.05, 4.69) is 0 Å². The van der Waals surface area contributed by atoms with E-state index in [-0.39, 0.29) is 11.5 Å². The number of benzene rings is 1. The lowest BCUT2D eigenvalue weighted by Crippen LogP contribution is -2.22. The van der Waals surface area contributed by atoms with E-state index in [0.717, 1.165) is 6.08 Å². The summed E-state index contributed by atoms with van der Waals surface area (Å²) in [6.45, 7) is 2.06. The summed E-state index contributed by atoms with van der Waals surface area (Å²) in [5, 5.41) is 28.4. The van der Waals surface area contributed by atoms with Crippen molar-refractivity contribution in [2.75, 3.05) is 13.7 Å². The van der Waals surface area contributed by atoms with Gasteiger partial charge < -0.3 is 19.7 Å². The Bertz CT molecular complexity index is 502. The number of rotatable bonds is 7. The quantitative estimate of drug-likeness (QED) is 0.338. The van der Waals surface area contributed by atoms with Gasteiger partial charge in [0.05, 0.1) is 7.11 Å². The third kappa shape index (κ3) is 4.75. The molecule has 7 nitrogen and oxygen atoms in total. The first kappa shape index (κ1) is 17.0. The second-order valence-corrected chi connectivity index (χ2v) is 4.13. The molecule has 1 aromatic rings. The molecule has 21 heavy (non-hydrogen) atoms. The van der Waals surface area contributed by atoms with Gasteiger partial charge in [0, 0.05) is 12.7 Å². The number of hydroxylamine groups is 1. The number of amides is 1. The van der Waals surface area contributed by atoms with E-state index >= 15 is 0 Å². The molecular weight excluding hydrogens is 278 g/mol. The van der Waals surface area contributed by atoms with E-state index in [1.54, 1.807) is 13.0 Å². The van der Waals surface area contributed by atoms with E-state index in [0.29, 0.717) is 12.2 Å². The summed E-state index contributed by atoms with van der Waals surface area (Å²) < 4.78 is 10.3. The highest BCUT2D eigenvalue weighted by Crippen LogP contribution is 2.30. The Morgan fingerprint density at radius 1 is 1.48 bits per heavy atom. The fraction of sp³-hybridized carbons (Fsp3) is 0.357. The van der Waals surface area contributed by atoms with Crippen LogP contribution in [0.2, 0.25) is 0 Å². The number of aliphatic hydroxyl groups excluding tert-OH is 1. The number of carbonyl (C=O) groups excluding carboxylic acids is 1. The van der Waals surface area contributed by atoms with Crippen molar-refractivity contribution in [1.82, 2.24) is 5.48 Å². The smallest absolute Gasteiger partial charge is 0.267 e. The molecule has 0 aliphatic heterocycles. The van der Waals surface area contributed by atoms with Crippen LogP contribution in [-0.2, 0) is 9.53 Å². The van der Waals surface area contributed by atoms with Crippen LogP contribution in [0.25, 0.3) is 0 Å². The molecule has 0 aromatic heterocycles. The lowest BCUT2D eigenvalue weighted by Gasteiger charge is -2.20. The summed E-state index contributed by atoms with van der Waals surface area (Å²) in [6, 6.07) is 4.45. The number of methoxy groups -OCH3 is 1. The molecule has 0 aliphatic rings. The molecule has 1 rings (SSSR count). The van der Waals surface area contributed by atoms with Crippen LogP contribution in [0.5, 0.6) is 11.5 Å². The fourth-order valence-electron chi connectivity index (χ4n) is 1.74. The zero-order valence-electron chi connectivity index (χ0n) is 11.8. The number of nitrogens with one attached hydrogen (secondary N) is 1. The molecule has 2 atom stereocenters. The van der Waals surface area contributed by atoms with Gasteiger partial charge in [-0.2, -0.15) is 0 Å². The van der Waals surface area contributed by atoms with Crippen LogP contribution in [0.15, 0.2) is 30.4 Å². The minimum atomic E-state index is -1.09. The van der Waals surface area contributed by atoms with Crippen molar-refractivity contribution in [3.63, 3.8) is 0 Å². The van der Waals surface area contributed by atoms with E-state index in [1.807, 2.05) is 0 Å². The summed E-state index contributed by atoms with van der Waals surface area (Å²) in [5.41, 5.74) is 1.85. The van der Waals surface area contributed by atoms with E-state index in [4.69, 9.17) is 14.7 Å². The molecule has 0 unspecified atom stereocenters. The third-order valence-electron chi connectivity index (χ3n) is 2.76. The number of phenols is 1. The van der Waals surface area contributed by atoms with Gasteiger partial charge in [-0.3, -0.25) is 10.0 Å². The van der Waals surface area contributed by atoms with Crippen molar-refractivity contribution in [2.24, 2.45) is 0 Å². The van der Waals surface area contributed by atoms with Crippen LogP contribution in [0.4, 0.5) is 0 Å². The molecule has 4 N–H and O–H groups in total. The molecule has 0 saturated heterocycles. The molecule has 0 bridgehead atoms. The predicted molar refractivity (Wildman–Crippen MR) is 74.1 cm³/mol. The van der Waals surface area contributed by atoms with E-state index in [9.17, 15) is 15.0 Å². The van der Waals surface area contributed by atoms with Gasteiger partial charge >= 0.3 is 0 Å². The minimum Gasteiger partial charge on any atom is -0.504 e. The Morgan fingerprint density at radius 2 is 2.19 bits per heavy atom. The normalized spacial score (nSPS) is 13.9. The first-order valence-electron chi connectivity index (χ1n) is 6.32. The molecule has 116 valence electrons. The zero-order valence-corrected chi connectivity index (χ0v) is 11.8. The maximum Gasteiger partial charge on any atom is 0.267 e. The first-order chi connectivity index (χ1) is 10.0. The van der Waals surface area contributed by atoms with Crippen LogP contribution in [0, 0.1) is 0 Å². The molecular formula is C14H19NO6. The number of aliphatic hydroxyl groups is 1. The summed E-state index contributed by atoms with van der Waals surface area (Å²) >= 11 is 0. The van der Waals surface area contributed by atoms with Crippen molar-refractivity contribution in [3.8, 4) is 11.5 Å². The fourth-order valence-corrected chi connectivity index (χ4v) is 1.74. The van der Waals surface area contributed by atoms with Gasteiger partial charge in [-0.05, 0) is 30.7 Å². The Labute approximate surface area is 122 Å². The third-order valence-corrected chi connectivity index (χ3v) is 2.76. The molecule has 0 heterocycles. The van der Waals surface area contributed by atoms with E-state index in [1.165, 1.54) is 30.8 Å². The Balaban J connectivity index is 2.94. The topological polar surface area (TPSA) is 108 Å². The van der Waals surface area contributed by atoms with E-state index < -0.39 is 18.1 Å². The van der Waals surface area contributed by atoms with Crippen LogP contribution in [0.3, 0.4) is 0 Å². The number of hydrogen-bond donors (Lipinski definition) is 4. The average Bonchev–Trinajstić information content (AvgIpc) is 2.50. The summed E-state index contributed by atoms with van der Waals surface area (Å²) in [5.74, 6) is -0.556. The van der Waals surface area contributed by atoms with Gasteiger partial charge in [0.15, 0.2) is 11.5 Å². The largest absolute Gasteiger partial charge is 0.504 e. The standard InChI is InChI=1S/C14H19NO6/c1-3-21-12(6-7-13(17)15-19)14(18)9-4-5-11(20-2)10(16)8-9/h4-8,12,14,16,18-19H,3H2,1-2H3,(H,15,17)/b7-6+/t12-,14-/m1/s1. The molecule has 0 radical (unpaired) electrons. The molecule has 0 aliphatic carbocycles. The van der Waals surface area contributed by atoms with Crippen LogP contribution < -0.4 is 10.2 Å². The lowest BCUT2D eigenvalue weighted by atomic mass is 10.0. The van der Waals surface area contributed by atoms with Gasteiger partial charge in [-0.25, -0.2) is 5.48 Å². The number of aromatic hydroxyl groups is 1. The zero-order chi connectivity index (χ0) is 15.8. The number of hydrogen-bond acceptors (Lipinski definition) is 6. The lowest BCUT2D eigenvalue weighted by molar-refractivity contribution is -0.124. The summed E-state index contributed by atoms with van der Waals surface area (Å²) in [6.07, 6.45) is 0.470. The van der Waals surface area contributed by atoms with Crippen LogP contribution in [-0.4, -0.2) is 41.1 Å². The molecule has 0 spiro atoms. The molecule has 1 aromatic carbocycles. The molecule has 1 amide bonds. The summed E-state index contributed by atoms with van der Waals surface area (Å²) in [4.78, 5) is 11.0. The van der Waals surface area contributed by atoms with Crippen molar-refractivity contribution >= 4 is 5.91 Å². The highest BCUT2D eigenvalue weighted by Gasteiger charge is 2.20. The molecule has 0 fully saturated rings. The highest BCUT2D eigenvalue weighted by molar-refractivity contribution is 5.86. The number of ether oxygens (including phenoxy) is 2. The van der Waals surface area contributed by atoms with Gasteiger partial charge in [0.1, 0.15) is 12.2 Å². The molecule has 0 saturated carbocycles. The van der Waals surface area contributed by atoms with Gasteiger partial charge in [-0.1, -0.05) is 6.07 Å². The number of phenolic OH excluding ortho intramolecular Hbond substituents is 1. The van der Waals surface area contributed by atoms with Crippen molar-refractivity contribution in [3.05, 3.63) is 35.9 Å². The van der Waals surface area contributed by atoms with Crippen LogP contribution in [0.1, 0.15) is 18.6 Å². The minimum absolute atomic E-state index is 0.110. The maximum atomic E-state index is 11.0. The molecule has 7 heteroatoms. The summed E-state index contributed by atoms with van der Waals surface area (Å²) in [7, 11) is 1.42. The number of carbonyl (C=O) groups is 1. The van der Waals surface area contributed by atoms with Gasteiger partial charge in [0.25, 0.3) is 5.91 Å². The Hall–Kier alpha value is -2.09. The van der Waals surface area contributed by atoms with Crippen LogP contribution >= 0.6 is 0 Å². The second kappa shape index (κ2) is 8.25. The monoisotopic (exact) mass is 297 g/mol. The van der Waals surface area contributed by atoms with Gasteiger partial charge in [0.2, 0.25) is 0 Å². The highest BCUT2D eigenvalue weighted by atomic mass is 16.5. The van der Waals surface area contributed by atoms with Crippen molar-refractivity contribution in [1.29, 1.82) is 0 Å². The predicted octanol–water partition coefficient (Wildman–Crippen LogP) is 0.901. The van der Waals surface area contributed by atoms with Crippen molar-refractivity contribution in [2.45, 2.75) is 19.1 Å². The maximum absolute atomic E-state index is 11.0. The Morgan fingerprint density at radius 3 is 2.71 bits per heavy atom. The second-order valence-electron chi connectivity index (χ2n) is 4.13.